The molecular weight excluding hydrogens is 271 g/mol. The van der Waals surface area contributed by atoms with Gasteiger partial charge in [0.05, 0.1) is 12.9 Å². The molecule has 0 amide bonds. The van der Waals surface area contributed by atoms with Crippen molar-refractivity contribution in [3.05, 3.63) is 52.7 Å². The van der Waals surface area contributed by atoms with Crippen LogP contribution in [-0.2, 0) is 6.54 Å². The van der Waals surface area contributed by atoms with Crippen molar-refractivity contribution in [3.8, 4) is 0 Å². The third kappa shape index (κ3) is 2.05. The minimum Gasteiger partial charge on any atom is -0.311 e. The Hall–Kier alpha value is -1.65. The van der Waals surface area contributed by atoms with Gasteiger partial charge in [-0.25, -0.2) is 9.97 Å². The van der Waals surface area contributed by atoms with Gasteiger partial charge in [-0.15, -0.1) is 0 Å². The van der Waals surface area contributed by atoms with E-state index in [2.05, 4.69) is 15.0 Å². The van der Waals surface area contributed by atoms with Crippen LogP contribution in [0.3, 0.4) is 0 Å². The summed E-state index contributed by atoms with van der Waals surface area (Å²) in [7, 11) is 0. The van der Waals surface area contributed by atoms with E-state index in [-0.39, 0.29) is 10.4 Å². The molecule has 3 rings (SSSR count). The summed E-state index contributed by atoms with van der Waals surface area (Å²) in [6.45, 7) is 0.668. The molecule has 18 heavy (non-hydrogen) atoms. The lowest BCUT2D eigenvalue weighted by Crippen LogP contribution is -1.99. The summed E-state index contributed by atoms with van der Waals surface area (Å²) in [4.78, 5) is 12.2. The van der Waals surface area contributed by atoms with E-state index in [1.165, 1.54) is 0 Å². The molecule has 0 atom stereocenters. The van der Waals surface area contributed by atoms with Gasteiger partial charge in [-0.05, 0) is 17.2 Å². The minimum atomic E-state index is 0.127. The van der Waals surface area contributed by atoms with E-state index in [0.29, 0.717) is 17.7 Å². The van der Waals surface area contributed by atoms with Crippen LogP contribution in [0.2, 0.25) is 10.4 Å². The predicted molar refractivity (Wildman–Crippen MR) is 70.9 cm³/mol. The number of fused-ring (bicyclic) bond motifs is 1. The Morgan fingerprint density at radius 2 is 1.83 bits per heavy atom. The Bertz CT molecular complexity index is 694. The van der Waals surface area contributed by atoms with Crippen LogP contribution in [0.1, 0.15) is 5.56 Å². The first-order chi connectivity index (χ1) is 8.74. The lowest BCUT2D eigenvalue weighted by Gasteiger charge is -2.03. The first kappa shape index (κ1) is 11.4. The maximum absolute atomic E-state index is 5.97. The Kier molecular flexibility index (Phi) is 2.89. The standard InChI is InChI=1S/C12H8Cl2N4/c13-10-9-11(17-12(14)16-10)18(7-15-9)6-8-4-2-1-3-5-8/h1-5,7H,6H2. The van der Waals surface area contributed by atoms with Crippen LogP contribution in [0.25, 0.3) is 11.2 Å². The van der Waals surface area contributed by atoms with Crippen LogP contribution < -0.4 is 0 Å². The largest absolute Gasteiger partial charge is 0.311 e. The van der Waals surface area contributed by atoms with Crippen molar-refractivity contribution >= 4 is 34.4 Å². The lowest BCUT2D eigenvalue weighted by molar-refractivity contribution is 0.813. The second-order valence-electron chi connectivity index (χ2n) is 3.81. The highest BCUT2D eigenvalue weighted by molar-refractivity contribution is 6.35. The van der Waals surface area contributed by atoms with Gasteiger partial charge in [0, 0.05) is 0 Å². The van der Waals surface area contributed by atoms with Crippen molar-refractivity contribution in [3.63, 3.8) is 0 Å². The summed E-state index contributed by atoms with van der Waals surface area (Å²) >= 11 is 11.8. The van der Waals surface area contributed by atoms with Gasteiger partial charge in [0.15, 0.2) is 10.8 Å². The summed E-state index contributed by atoms with van der Waals surface area (Å²) in [5.74, 6) is 0. The summed E-state index contributed by atoms with van der Waals surface area (Å²) in [6.07, 6.45) is 1.69. The van der Waals surface area contributed by atoms with Crippen LogP contribution in [0.4, 0.5) is 0 Å². The van der Waals surface area contributed by atoms with Gasteiger partial charge in [0.25, 0.3) is 0 Å². The molecule has 1 aromatic carbocycles. The molecule has 0 unspecified atom stereocenters. The Labute approximate surface area is 113 Å². The third-order valence-electron chi connectivity index (χ3n) is 2.59. The molecule has 2 aromatic heterocycles. The fourth-order valence-corrected chi connectivity index (χ4v) is 2.20. The van der Waals surface area contributed by atoms with E-state index in [1.54, 1.807) is 6.33 Å². The highest BCUT2D eigenvalue weighted by Gasteiger charge is 2.10. The number of halogens is 2. The summed E-state index contributed by atoms with van der Waals surface area (Å²) in [5, 5.41) is 0.402. The molecule has 3 aromatic rings. The summed E-state index contributed by atoms with van der Waals surface area (Å²) in [5.41, 5.74) is 2.36. The van der Waals surface area contributed by atoms with Crippen LogP contribution in [0.5, 0.6) is 0 Å². The fraction of sp³-hybridized carbons (Fsp3) is 0.0833. The van der Waals surface area contributed by atoms with Gasteiger partial charge in [-0.3, -0.25) is 0 Å². The topological polar surface area (TPSA) is 43.6 Å². The van der Waals surface area contributed by atoms with E-state index in [4.69, 9.17) is 23.2 Å². The van der Waals surface area contributed by atoms with E-state index >= 15 is 0 Å². The highest BCUT2D eigenvalue weighted by atomic mass is 35.5. The Morgan fingerprint density at radius 1 is 1.06 bits per heavy atom. The number of nitrogens with zero attached hydrogens (tertiary/aromatic N) is 4. The van der Waals surface area contributed by atoms with Crippen molar-refractivity contribution in [1.29, 1.82) is 0 Å². The lowest BCUT2D eigenvalue weighted by atomic mass is 10.2. The molecule has 2 heterocycles. The van der Waals surface area contributed by atoms with Gasteiger partial charge in [0.2, 0.25) is 5.28 Å². The van der Waals surface area contributed by atoms with Crippen molar-refractivity contribution in [2.75, 3.05) is 0 Å². The van der Waals surface area contributed by atoms with Crippen molar-refractivity contribution in [2.45, 2.75) is 6.54 Å². The molecule has 0 bridgehead atoms. The van der Waals surface area contributed by atoms with E-state index in [9.17, 15) is 0 Å². The zero-order chi connectivity index (χ0) is 12.5. The summed E-state index contributed by atoms with van der Waals surface area (Å²) in [6, 6.07) is 10.0. The Morgan fingerprint density at radius 3 is 2.61 bits per heavy atom. The molecule has 0 radical (unpaired) electrons. The van der Waals surface area contributed by atoms with Crippen LogP contribution in [-0.4, -0.2) is 19.5 Å². The molecule has 0 spiro atoms. The number of hydrogen-bond donors (Lipinski definition) is 0. The monoisotopic (exact) mass is 278 g/mol. The summed E-state index contributed by atoms with van der Waals surface area (Å²) < 4.78 is 1.89. The van der Waals surface area contributed by atoms with Gasteiger partial charge in [-0.1, -0.05) is 41.9 Å². The van der Waals surface area contributed by atoms with E-state index in [0.717, 1.165) is 5.56 Å². The predicted octanol–water partition coefficient (Wildman–Crippen LogP) is 3.18. The molecule has 0 saturated carbocycles. The molecule has 0 aliphatic heterocycles. The number of benzene rings is 1. The van der Waals surface area contributed by atoms with Gasteiger partial charge in [0.1, 0.15) is 5.52 Å². The van der Waals surface area contributed by atoms with Gasteiger partial charge < -0.3 is 4.57 Å². The molecule has 0 aliphatic carbocycles. The number of imidazole rings is 1. The quantitative estimate of drug-likeness (QED) is 0.534. The Balaban J connectivity index is 2.08. The zero-order valence-corrected chi connectivity index (χ0v) is 10.7. The van der Waals surface area contributed by atoms with Gasteiger partial charge >= 0.3 is 0 Å². The molecule has 0 fully saturated rings. The molecule has 0 aliphatic rings. The van der Waals surface area contributed by atoms with Crippen molar-refractivity contribution < 1.29 is 0 Å². The second kappa shape index (κ2) is 4.55. The van der Waals surface area contributed by atoms with Crippen LogP contribution in [0, 0.1) is 0 Å². The van der Waals surface area contributed by atoms with E-state index in [1.807, 2.05) is 34.9 Å². The first-order valence-electron chi connectivity index (χ1n) is 5.32. The van der Waals surface area contributed by atoms with Crippen LogP contribution >= 0.6 is 23.2 Å². The molecule has 0 saturated heterocycles. The number of aromatic nitrogens is 4. The molecule has 6 heteroatoms. The minimum absolute atomic E-state index is 0.127. The van der Waals surface area contributed by atoms with Gasteiger partial charge in [-0.2, -0.15) is 4.98 Å². The SMILES string of the molecule is Clc1nc(Cl)c2ncn(Cc3ccccc3)c2n1. The van der Waals surface area contributed by atoms with E-state index < -0.39 is 0 Å². The third-order valence-corrected chi connectivity index (χ3v) is 3.02. The van der Waals surface area contributed by atoms with Crippen molar-refractivity contribution in [1.82, 2.24) is 19.5 Å². The van der Waals surface area contributed by atoms with Crippen molar-refractivity contribution in [2.24, 2.45) is 0 Å². The smallest absolute Gasteiger partial charge is 0.225 e. The zero-order valence-electron chi connectivity index (χ0n) is 9.22. The molecule has 4 nitrogen and oxygen atoms in total. The highest BCUT2D eigenvalue weighted by Crippen LogP contribution is 2.21. The maximum Gasteiger partial charge on any atom is 0.225 e. The molecule has 0 N–H and O–H groups in total. The average molecular weight is 279 g/mol. The number of rotatable bonds is 2. The first-order valence-corrected chi connectivity index (χ1v) is 6.07. The van der Waals surface area contributed by atoms with Crippen LogP contribution in [0.15, 0.2) is 36.7 Å². The number of hydrogen-bond acceptors (Lipinski definition) is 3. The fourth-order valence-electron chi connectivity index (χ4n) is 1.78. The average Bonchev–Trinajstić information content (AvgIpc) is 2.74. The maximum atomic E-state index is 5.97. The molecular formula is C12H8Cl2N4. The normalized spacial score (nSPS) is 11.0. The second-order valence-corrected chi connectivity index (χ2v) is 4.51. The molecule has 90 valence electrons.